The van der Waals surface area contributed by atoms with Crippen molar-refractivity contribution in [1.29, 1.82) is 0 Å². The zero-order valence-corrected chi connectivity index (χ0v) is 26.2. The van der Waals surface area contributed by atoms with Gasteiger partial charge < -0.3 is 0 Å². The molecule has 8 aromatic rings. The summed E-state index contributed by atoms with van der Waals surface area (Å²) >= 11 is 0. The predicted molar refractivity (Wildman–Crippen MR) is 198 cm³/mol. The van der Waals surface area contributed by atoms with Crippen LogP contribution in [0.3, 0.4) is 0 Å². The van der Waals surface area contributed by atoms with Gasteiger partial charge in [-0.3, -0.25) is 15.0 Å². The first-order chi connectivity index (χ1) is 23.8. The summed E-state index contributed by atoms with van der Waals surface area (Å²) in [6.45, 7) is 0. The quantitative estimate of drug-likeness (QED) is 0.179. The van der Waals surface area contributed by atoms with Crippen LogP contribution in [0.25, 0.3) is 77.9 Å². The molecule has 0 amide bonds. The van der Waals surface area contributed by atoms with E-state index in [-0.39, 0.29) is 0 Å². The topological polar surface area (TPSA) is 38.7 Å². The molecule has 226 valence electrons. The Morgan fingerprint density at radius 1 is 0.250 bits per heavy atom. The summed E-state index contributed by atoms with van der Waals surface area (Å²) in [7, 11) is 0. The minimum atomic E-state index is 1.07. The average molecular weight is 614 g/mol. The molecular formula is C45H31N3. The number of nitrogens with zero attached hydrogens (tertiary/aromatic N) is 3. The van der Waals surface area contributed by atoms with Crippen LogP contribution in [0.15, 0.2) is 189 Å². The van der Waals surface area contributed by atoms with Gasteiger partial charge in [0.25, 0.3) is 0 Å². The molecule has 48 heavy (non-hydrogen) atoms. The maximum absolute atomic E-state index is 4.49. The third-order valence-electron chi connectivity index (χ3n) is 8.79. The van der Waals surface area contributed by atoms with Crippen molar-refractivity contribution in [3.63, 3.8) is 0 Å². The largest absolute Gasteiger partial charge is 0.264 e. The second kappa shape index (κ2) is 13.1. The van der Waals surface area contributed by atoms with Gasteiger partial charge in [0, 0.05) is 53.9 Å². The number of pyridine rings is 3. The first kappa shape index (κ1) is 29.0. The average Bonchev–Trinajstić information content (AvgIpc) is 3.19. The van der Waals surface area contributed by atoms with E-state index in [0.717, 1.165) is 72.3 Å². The van der Waals surface area contributed by atoms with E-state index >= 15 is 0 Å². The minimum absolute atomic E-state index is 1.07. The zero-order valence-electron chi connectivity index (χ0n) is 26.2. The fourth-order valence-corrected chi connectivity index (χ4v) is 6.63. The Hall–Kier alpha value is -6.45. The van der Waals surface area contributed by atoms with E-state index in [1.165, 1.54) is 5.56 Å². The standard InChI is InChI=1S/C45H31N3/c1-2-13-32(14-3-1)45-43(41-22-8-6-19-38(41)34-16-11-25-47-30-34)27-36(40-21-5-4-18-37(40)33-15-10-24-46-29-33)28-44(45)42-23-9-7-20-39(42)35-17-12-26-48-31-35/h1-31H. The highest BCUT2D eigenvalue weighted by molar-refractivity contribution is 6.03. The molecule has 8 rings (SSSR count). The Bertz CT molecular complexity index is 2210. The van der Waals surface area contributed by atoms with Gasteiger partial charge >= 0.3 is 0 Å². The lowest BCUT2D eigenvalue weighted by Gasteiger charge is -2.23. The van der Waals surface area contributed by atoms with Gasteiger partial charge in [0.2, 0.25) is 0 Å². The molecule has 0 aliphatic carbocycles. The van der Waals surface area contributed by atoms with Gasteiger partial charge in [0.05, 0.1) is 0 Å². The van der Waals surface area contributed by atoms with Crippen molar-refractivity contribution in [1.82, 2.24) is 15.0 Å². The third-order valence-corrected chi connectivity index (χ3v) is 8.79. The lowest BCUT2D eigenvalue weighted by Crippen LogP contribution is -1.97. The van der Waals surface area contributed by atoms with Gasteiger partial charge in [-0.1, -0.05) is 121 Å². The molecular weight excluding hydrogens is 583 g/mol. The van der Waals surface area contributed by atoms with E-state index in [1.54, 1.807) is 0 Å². The van der Waals surface area contributed by atoms with Crippen molar-refractivity contribution in [2.45, 2.75) is 0 Å². The second-order valence-electron chi connectivity index (χ2n) is 11.7. The fourth-order valence-electron chi connectivity index (χ4n) is 6.63. The van der Waals surface area contributed by atoms with Crippen molar-refractivity contribution in [2.24, 2.45) is 0 Å². The van der Waals surface area contributed by atoms with E-state index < -0.39 is 0 Å². The zero-order chi connectivity index (χ0) is 32.1. The summed E-state index contributed by atoms with van der Waals surface area (Å²) in [5.41, 5.74) is 15.8. The fraction of sp³-hybridized carbons (Fsp3) is 0. The molecule has 3 aromatic heterocycles. The van der Waals surface area contributed by atoms with E-state index in [0.29, 0.717) is 0 Å². The number of hydrogen-bond acceptors (Lipinski definition) is 3. The molecule has 0 spiro atoms. The van der Waals surface area contributed by atoms with Crippen LogP contribution >= 0.6 is 0 Å². The number of benzene rings is 5. The van der Waals surface area contributed by atoms with Gasteiger partial charge in [0.15, 0.2) is 0 Å². The third kappa shape index (κ3) is 5.59. The molecule has 0 atom stereocenters. The van der Waals surface area contributed by atoms with Crippen molar-refractivity contribution in [2.75, 3.05) is 0 Å². The molecule has 0 fully saturated rings. The molecule has 0 aliphatic heterocycles. The molecule has 3 heteroatoms. The van der Waals surface area contributed by atoms with Crippen LogP contribution in [-0.2, 0) is 0 Å². The lowest BCUT2D eigenvalue weighted by atomic mass is 9.81. The molecule has 0 radical (unpaired) electrons. The van der Waals surface area contributed by atoms with Crippen LogP contribution in [0.5, 0.6) is 0 Å². The molecule has 5 aromatic carbocycles. The minimum Gasteiger partial charge on any atom is -0.264 e. The highest BCUT2D eigenvalue weighted by atomic mass is 14.6. The van der Waals surface area contributed by atoms with Crippen molar-refractivity contribution in [3.05, 3.63) is 189 Å². The van der Waals surface area contributed by atoms with Crippen LogP contribution in [0.1, 0.15) is 0 Å². The van der Waals surface area contributed by atoms with E-state index in [9.17, 15) is 0 Å². The van der Waals surface area contributed by atoms with E-state index in [2.05, 4.69) is 148 Å². The summed E-state index contributed by atoms with van der Waals surface area (Å²) < 4.78 is 0. The molecule has 0 unspecified atom stereocenters. The van der Waals surface area contributed by atoms with E-state index in [4.69, 9.17) is 0 Å². The normalized spacial score (nSPS) is 10.9. The first-order valence-electron chi connectivity index (χ1n) is 16.1. The Morgan fingerprint density at radius 3 is 0.979 bits per heavy atom. The second-order valence-corrected chi connectivity index (χ2v) is 11.7. The molecule has 0 N–H and O–H groups in total. The van der Waals surface area contributed by atoms with Gasteiger partial charge in [-0.15, -0.1) is 0 Å². The van der Waals surface area contributed by atoms with Crippen LogP contribution in [-0.4, -0.2) is 15.0 Å². The summed E-state index contributed by atoms with van der Waals surface area (Å²) in [6, 6.07) is 53.8. The van der Waals surface area contributed by atoms with Gasteiger partial charge in [-0.2, -0.15) is 0 Å². The summed E-state index contributed by atoms with van der Waals surface area (Å²) in [6.07, 6.45) is 11.3. The summed E-state index contributed by atoms with van der Waals surface area (Å²) in [5.74, 6) is 0. The van der Waals surface area contributed by atoms with Crippen LogP contribution < -0.4 is 0 Å². The maximum atomic E-state index is 4.49. The first-order valence-corrected chi connectivity index (χ1v) is 16.1. The summed E-state index contributed by atoms with van der Waals surface area (Å²) in [4.78, 5) is 13.4. The van der Waals surface area contributed by atoms with Crippen LogP contribution in [0.2, 0.25) is 0 Å². The lowest BCUT2D eigenvalue weighted by molar-refractivity contribution is 1.33. The Morgan fingerprint density at radius 2 is 0.583 bits per heavy atom. The number of aromatic nitrogens is 3. The van der Waals surface area contributed by atoms with Crippen molar-refractivity contribution >= 4 is 0 Å². The van der Waals surface area contributed by atoms with Crippen molar-refractivity contribution < 1.29 is 0 Å². The smallest absolute Gasteiger partial charge is 0.0346 e. The monoisotopic (exact) mass is 613 g/mol. The van der Waals surface area contributed by atoms with Crippen molar-refractivity contribution in [3.8, 4) is 77.9 Å². The van der Waals surface area contributed by atoms with Gasteiger partial charge in [-0.05, 0) is 91.5 Å². The van der Waals surface area contributed by atoms with Gasteiger partial charge in [0.1, 0.15) is 0 Å². The SMILES string of the molecule is c1ccc(-c2c(-c3ccccc3-c3cccnc3)cc(-c3ccccc3-c3cccnc3)cc2-c2ccccc2-c2cccnc2)cc1. The Labute approximate surface area is 280 Å². The molecule has 0 aliphatic rings. The predicted octanol–water partition coefficient (Wildman–Crippen LogP) is 11.5. The molecule has 0 saturated heterocycles. The van der Waals surface area contributed by atoms with Gasteiger partial charge in [-0.25, -0.2) is 0 Å². The number of hydrogen-bond donors (Lipinski definition) is 0. The molecule has 3 nitrogen and oxygen atoms in total. The van der Waals surface area contributed by atoms with E-state index in [1.807, 2.05) is 55.4 Å². The van der Waals surface area contributed by atoms with Crippen LogP contribution in [0.4, 0.5) is 0 Å². The molecule has 3 heterocycles. The van der Waals surface area contributed by atoms with Crippen LogP contribution in [0, 0.1) is 0 Å². The summed E-state index contributed by atoms with van der Waals surface area (Å²) in [5, 5.41) is 0. The highest BCUT2D eigenvalue weighted by Gasteiger charge is 2.22. The molecule has 0 saturated carbocycles. The maximum Gasteiger partial charge on any atom is 0.0346 e. The Kier molecular flexibility index (Phi) is 7.92. The molecule has 0 bridgehead atoms. The number of rotatable bonds is 7. The highest BCUT2D eigenvalue weighted by Crippen LogP contribution is 2.48. The Balaban J connectivity index is 1.51.